The van der Waals surface area contributed by atoms with Crippen LogP contribution in [0.5, 0.6) is 0 Å². The molecule has 1 atom stereocenters. The van der Waals surface area contributed by atoms with E-state index >= 15 is 0 Å². The third-order valence-electron chi connectivity index (χ3n) is 5.84. The molecule has 3 N–H and O–H groups in total. The average molecular weight is 523 g/mol. The fourth-order valence-electron chi connectivity index (χ4n) is 3.83. The van der Waals surface area contributed by atoms with E-state index in [-0.39, 0.29) is 49.9 Å². The van der Waals surface area contributed by atoms with Crippen LogP contribution in [0.15, 0.2) is 53.4 Å². The summed E-state index contributed by atoms with van der Waals surface area (Å²) in [5.74, 6) is -0.718. The third-order valence-corrected chi connectivity index (χ3v) is 8.27. The molecule has 0 spiro atoms. The predicted octanol–water partition coefficient (Wildman–Crippen LogP) is 0.308. The Hall–Kier alpha value is -2.80. The maximum absolute atomic E-state index is 13.0. The maximum Gasteiger partial charge on any atom is 0.251 e. The first-order chi connectivity index (χ1) is 16.4. The highest BCUT2D eigenvalue weighted by molar-refractivity contribution is 7.90. The fraction of sp³-hybridized carbons (Fsp3) is 0.391. The molecule has 2 aromatic carbocycles. The second kappa shape index (κ2) is 10.9. The minimum atomic E-state index is -3.31. The van der Waals surface area contributed by atoms with E-state index in [1.807, 2.05) is 0 Å². The monoisotopic (exact) mass is 522 g/mol. The van der Waals surface area contributed by atoms with Crippen LogP contribution in [0.3, 0.4) is 0 Å². The van der Waals surface area contributed by atoms with E-state index < -0.39 is 31.8 Å². The molecule has 0 unspecified atom stereocenters. The molecule has 2 aromatic rings. The molecule has 3 rings (SSSR count). The van der Waals surface area contributed by atoms with Crippen molar-refractivity contribution >= 4 is 31.7 Å². The molecule has 1 fully saturated rings. The number of sulfone groups is 1. The fourth-order valence-corrected chi connectivity index (χ4v) is 5.29. The minimum Gasteiger partial charge on any atom is -0.340 e. The molecule has 0 bridgehead atoms. The Morgan fingerprint density at radius 3 is 1.86 bits per heavy atom. The summed E-state index contributed by atoms with van der Waals surface area (Å²) in [4.78, 5) is 27.6. The van der Waals surface area contributed by atoms with Crippen LogP contribution in [-0.4, -0.2) is 89.1 Å². The summed E-state index contributed by atoms with van der Waals surface area (Å²) in [5.41, 5.74) is 7.63. The van der Waals surface area contributed by atoms with Gasteiger partial charge in [0.25, 0.3) is 5.91 Å². The Balaban J connectivity index is 1.66. The van der Waals surface area contributed by atoms with E-state index in [0.717, 1.165) is 23.6 Å². The van der Waals surface area contributed by atoms with E-state index in [9.17, 15) is 26.4 Å². The van der Waals surface area contributed by atoms with Gasteiger partial charge in [0, 0.05) is 38.0 Å². The number of amides is 2. The molecule has 1 saturated heterocycles. The quantitative estimate of drug-likeness (QED) is 0.507. The second-order valence-electron chi connectivity index (χ2n) is 8.46. The van der Waals surface area contributed by atoms with Crippen LogP contribution < -0.4 is 11.1 Å². The maximum atomic E-state index is 13.0. The number of hydrogen-bond acceptors (Lipinski definition) is 7. The smallest absolute Gasteiger partial charge is 0.251 e. The molecule has 1 aliphatic heterocycles. The summed E-state index contributed by atoms with van der Waals surface area (Å²) >= 11 is 0. The molecule has 10 nitrogen and oxygen atoms in total. The molecule has 0 aliphatic carbocycles. The standard InChI is InChI=1S/C23H30N4O6S2/c1-34(30,31)20-9-7-18(8-10-20)17-3-5-19(6-4-17)22(28)25-21(11-12-24)23(29)26-13-15-27(16-14-26)35(2,32)33/h3-10,21H,11-16,24H2,1-2H3,(H,25,28)/t21-/m0/s1. The van der Waals surface area contributed by atoms with Crippen LogP contribution in [-0.2, 0) is 24.7 Å². The number of nitrogens with zero attached hydrogens (tertiary/aromatic N) is 2. The van der Waals surface area contributed by atoms with Crippen molar-refractivity contribution in [2.24, 2.45) is 5.73 Å². The Morgan fingerprint density at radius 2 is 1.40 bits per heavy atom. The van der Waals surface area contributed by atoms with Gasteiger partial charge in [-0.25, -0.2) is 16.8 Å². The van der Waals surface area contributed by atoms with Crippen LogP contribution in [0.2, 0.25) is 0 Å². The number of nitrogens with two attached hydrogens (primary N) is 1. The number of carbonyl (C=O) groups is 2. The highest BCUT2D eigenvalue weighted by Gasteiger charge is 2.30. The van der Waals surface area contributed by atoms with Crippen LogP contribution in [0.1, 0.15) is 16.8 Å². The van der Waals surface area contributed by atoms with Crippen molar-refractivity contribution in [3.8, 4) is 11.1 Å². The molecule has 0 aromatic heterocycles. The lowest BCUT2D eigenvalue weighted by Gasteiger charge is -2.35. The number of nitrogens with one attached hydrogen (secondary N) is 1. The van der Waals surface area contributed by atoms with Crippen molar-refractivity contribution in [1.29, 1.82) is 0 Å². The Kier molecular flexibility index (Phi) is 8.31. The van der Waals surface area contributed by atoms with Crippen molar-refractivity contribution in [3.05, 3.63) is 54.1 Å². The van der Waals surface area contributed by atoms with E-state index in [4.69, 9.17) is 5.73 Å². The molecular weight excluding hydrogens is 492 g/mol. The predicted molar refractivity (Wildman–Crippen MR) is 133 cm³/mol. The molecular formula is C23H30N4O6S2. The second-order valence-corrected chi connectivity index (χ2v) is 12.5. The molecule has 1 aliphatic rings. The lowest BCUT2D eigenvalue weighted by Crippen LogP contribution is -2.56. The Labute approximate surface area is 206 Å². The Morgan fingerprint density at radius 1 is 0.886 bits per heavy atom. The van der Waals surface area contributed by atoms with Gasteiger partial charge in [-0.15, -0.1) is 0 Å². The topological polar surface area (TPSA) is 147 Å². The number of carbonyl (C=O) groups excluding carboxylic acids is 2. The molecule has 35 heavy (non-hydrogen) atoms. The number of rotatable bonds is 8. The van der Waals surface area contributed by atoms with E-state index in [0.29, 0.717) is 5.56 Å². The normalized spacial score (nSPS) is 16.0. The van der Waals surface area contributed by atoms with Crippen molar-refractivity contribution in [1.82, 2.24) is 14.5 Å². The van der Waals surface area contributed by atoms with Gasteiger partial charge in [-0.2, -0.15) is 4.31 Å². The number of piperazine rings is 1. The van der Waals surface area contributed by atoms with Gasteiger partial charge in [-0.3, -0.25) is 9.59 Å². The van der Waals surface area contributed by atoms with E-state index in [2.05, 4.69) is 5.32 Å². The average Bonchev–Trinajstić information content (AvgIpc) is 2.82. The zero-order valence-corrected chi connectivity index (χ0v) is 21.3. The van der Waals surface area contributed by atoms with Crippen LogP contribution in [0.25, 0.3) is 11.1 Å². The summed E-state index contributed by atoms with van der Waals surface area (Å²) in [6.45, 7) is 1.11. The lowest BCUT2D eigenvalue weighted by atomic mass is 10.0. The summed E-state index contributed by atoms with van der Waals surface area (Å²) < 4.78 is 48.0. The first-order valence-corrected chi connectivity index (χ1v) is 14.8. The van der Waals surface area contributed by atoms with Gasteiger partial charge in [-0.1, -0.05) is 24.3 Å². The van der Waals surface area contributed by atoms with Crippen molar-refractivity contribution < 1.29 is 26.4 Å². The van der Waals surface area contributed by atoms with E-state index in [1.165, 1.54) is 16.4 Å². The molecule has 12 heteroatoms. The van der Waals surface area contributed by atoms with Gasteiger partial charge < -0.3 is 16.0 Å². The summed E-state index contributed by atoms with van der Waals surface area (Å²) in [5, 5.41) is 2.75. The van der Waals surface area contributed by atoms with Gasteiger partial charge in [-0.05, 0) is 48.4 Å². The SMILES string of the molecule is CS(=O)(=O)c1ccc(-c2ccc(C(=O)N[C@@H](CCN)C(=O)N3CCN(S(C)(=O)=O)CC3)cc2)cc1. The molecule has 0 radical (unpaired) electrons. The summed E-state index contributed by atoms with van der Waals surface area (Å²) in [7, 11) is -6.60. The first-order valence-electron chi connectivity index (χ1n) is 11.1. The lowest BCUT2D eigenvalue weighted by molar-refractivity contribution is -0.134. The van der Waals surface area contributed by atoms with Crippen LogP contribution in [0, 0.1) is 0 Å². The van der Waals surface area contributed by atoms with Gasteiger partial charge in [0.15, 0.2) is 9.84 Å². The first kappa shape index (κ1) is 26.8. The number of hydrogen-bond donors (Lipinski definition) is 2. The number of benzene rings is 2. The summed E-state index contributed by atoms with van der Waals surface area (Å²) in [6, 6.07) is 12.4. The molecule has 190 valence electrons. The molecule has 1 heterocycles. The zero-order valence-electron chi connectivity index (χ0n) is 19.7. The van der Waals surface area contributed by atoms with Gasteiger partial charge in [0.05, 0.1) is 11.2 Å². The number of sulfonamides is 1. The zero-order chi connectivity index (χ0) is 25.8. The van der Waals surface area contributed by atoms with Crippen LogP contribution >= 0.6 is 0 Å². The molecule has 2 amide bonds. The van der Waals surface area contributed by atoms with Crippen molar-refractivity contribution in [3.63, 3.8) is 0 Å². The highest BCUT2D eigenvalue weighted by atomic mass is 32.2. The largest absolute Gasteiger partial charge is 0.340 e. The van der Waals surface area contributed by atoms with Gasteiger partial charge in [0.2, 0.25) is 15.9 Å². The van der Waals surface area contributed by atoms with Gasteiger partial charge >= 0.3 is 0 Å². The third kappa shape index (κ3) is 6.88. The minimum absolute atomic E-state index is 0.197. The Bertz CT molecular complexity index is 1270. The van der Waals surface area contributed by atoms with Gasteiger partial charge in [0.1, 0.15) is 6.04 Å². The van der Waals surface area contributed by atoms with E-state index in [1.54, 1.807) is 41.3 Å². The van der Waals surface area contributed by atoms with Crippen molar-refractivity contribution in [2.75, 3.05) is 45.2 Å². The summed E-state index contributed by atoms with van der Waals surface area (Å²) in [6.07, 6.45) is 2.53. The van der Waals surface area contributed by atoms with Crippen molar-refractivity contribution in [2.45, 2.75) is 17.4 Å². The molecule has 0 saturated carbocycles. The highest BCUT2D eigenvalue weighted by Crippen LogP contribution is 2.22. The van der Waals surface area contributed by atoms with Crippen LogP contribution in [0.4, 0.5) is 0 Å².